The highest BCUT2D eigenvalue weighted by Gasteiger charge is 2.03. The molecular weight excluding hydrogens is 673 g/mol. The van der Waals surface area contributed by atoms with Crippen molar-refractivity contribution in [3.05, 3.63) is 0 Å². The number of unbranched alkanes of at least 4 members (excludes halogenated alkanes) is 45. The molecule has 0 amide bonds. The van der Waals surface area contributed by atoms with Crippen molar-refractivity contribution in [2.45, 2.75) is 315 Å². The fraction of sp³-hybridized carbons (Fsp3) is 0.981. The second-order valence-electron chi connectivity index (χ2n) is 18.0. The van der Waals surface area contributed by atoms with Gasteiger partial charge in [-0.05, 0) is 19.3 Å². The van der Waals surface area contributed by atoms with Gasteiger partial charge >= 0.3 is 5.97 Å². The molecule has 0 spiro atoms. The van der Waals surface area contributed by atoms with Gasteiger partial charge in [-0.2, -0.15) is 0 Å². The Morgan fingerprint density at radius 3 is 0.727 bits per heavy atom. The first kappa shape index (κ1) is 54.4. The standard InChI is InChI=1S/C52H104O3/c1-2-3-4-5-6-7-8-9-10-11-12-13-14-18-21-24-27-30-33-36-39-42-45-48-51-55-52(54)49-46-43-40-37-34-31-28-25-22-19-16-15-17-20-23-26-29-32-35-38-41-44-47-50-53/h53H,2-51H2,1H3. The molecule has 1 N–H and O–H groups in total. The molecule has 3 heteroatoms. The van der Waals surface area contributed by atoms with Crippen LogP contribution >= 0.6 is 0 Å². The van der Waals surface area contributed by atoms with Crippen LogP contribution in [-0.2, 0) is 9.53 Å². The molecule has 55 heavy (non-hydrogen) atoms. The van der Waals surface area contributed by atoms with Crippen LogP contribution < -0.4 is 0 Å². The van der Waals surface area contributed by atoms with Gasteiger partial charge in [0.1, 0.15) is 0 Å². The number of hydrogen-bond acceptors (Lipinski definition) is 3. The molecule has 0 aromatic rings. The molecule has 0 aliphatic rings. The minimum atomic E-state index is 0.0296. The molecule has 0 heterocycles. The molecule has 0 rings (SSSR count). The third kappa shape index (κ3) is 51.4. The average molecular weight is 777 g/mol. The highest BCUT2D eigenvalue weighted by molar-refractivity contribution is 5.69. The Bertz CT molecular complexity index is 678. The Morgan fingerprint density at radius 1 is 0.291 bits per heavy atom. The maximum absolute atomic E-state index is 12.1. The maximum Gasteiger partial charge on any atom is 0.305 e. The molecule has 0 atom stereocenters. The van der Waals surface area contributed by atoms with Crippen LogP contribution in [0.1, 0.15) is 315 Å². The zero-order chi connectivity index (χ0) is 39.6. The molecule has 0 aromatic carbocycles. The second kappa shape index (κ2) is 51.4. The van der Waals surface area contributed by atoms with Crippen molar-refractivity contribution in [3.8, 4) is 0 Å². The molecule has 0 aliphatic carbocycles. The van der Waals surface area contributed by atoms with Crippen molar-refractivity contribution in [3.63, 3.8) is 0 Å². The lowest BCUT2D eigenvalue weighted by molar-refractivity contribution is -0.143. The first-order valence-electron chi connectivity index (χ1n) is 26.1. The molecule has 0 saturated heterocycles. The molecule has 0 fully saturated rings. The summed E-state index contributed by atoms with van der Waals surface area (Å²) in [5.41, 5.74) is 0. The van der Waals surface area contributed by atoms with Crippen LogP contribution in [0, 0.1) is 0 Å². The van der Waals surface area contributed by atoms with Crippen LogP contribution in [-0.4, -0.2) is 24.3 Å². The Labute approximate surface area is 347 Å². The first-order valence-corrected chi connectivity index (χ1v) is 26.1. The normalized spacial score (nSPS) is 11.5. The molecule has 330 valence electrons. The van der Waals surface area contributed by atoms with Gasteiger partial charge in [-0.25, -0.2) is 0 Å². The Morgan fingerprint density at radius 2 is 0.491 bits per heavy atom. The summed E-state index contributed by atoms with van der Waals surface area (Å²) in [6.07, 6.45) is 65.5. The predicted octanol–water partition coefficient (Wildman–Crippen LogP) is 18.3. The summed E-state index contributed by atoms with van der Waals surface area (Å²) in [6, 6.07) is 0. The van der Waals surface area contributed by atoms with E-state index in [0.717, 1.165) is 19.3 Å². The summed E-state index contributed by atoms with van der Waals surface area (Å²) in [7, 11) is 0. The monoisotopic (exact) mass is 777 g/mol. The maximum atomic E-state index is 12.1. The summed E-state index contributed by atoms with van der Waals surface area (Å²) in [5.74, 6) is 0.0296. The number of hydrogen-bond donors (Lipinski definition) is 1. The van der Waals surface area contributed by atoms with Crippen LogP contribution in [0.4, 0.5) is 0 Å². The van der Waals surface area contributed by atoms with Gasteiger partial charge < -0.3 is 9.84 Å². The zero-order valence-corrected chi connectivity index (χ0v) is 38.1. The summed E-state index contributed by atoms with van der Waals surface area (Å²) in [6.45, 7) is 3.30. The predicted molar refractivity (Wildman–Crippen MR) is 245 cm³/mol. The van der Waals surface area contributed by atoms with Gasteiger partial charge in [-0.15, -0.1) is 0 Å². The number of carbonyl (C=O) groups is 1. The lowest BCUT2D eigenvalue weighted by Gasteiger charge is -2.06. The summed E-state index contributed by atoms with van der Waals surface area (Å²) < 4.78 is 5.50. The minimum absolute atomic E-state index is 0.0296. The van der Waals surface area contributed by atoms with E-state index in [0.29, 0.717) is 19.6 Å². The van der Waals surface area contributed by atoms with E-state index >= 15 is 0 Å². The van der Waals surface area contributed by atoms with Crippen molar-refractivity contribution in [2.24, 2.45) is 0 Å². The largest absolute Gasteiger partial charge is 0.466 e. The lowest BCUT2D eigenvalue weighted by atomic mass is 10.0. The number of carbonyl (C=O) groups excluding carboxylic acids is 1. The van der Waals surface area contributed by atoms with Crippen LogP contribution in [0.5, 0.6) is 0 Å². The van der Waals surface area contributed by atoms with Crippen molar-refractivity contribution < 1.29 is 14.6 Å². The Kier molecular flexibility index (Phi) is 50.9. The average Bonchev–Trinajstić information content (AvgIpc) is 3.19. The van der Waals surface area contributed by atoms with Gasteiger partial charge in [0.25, 0.3) is 0 Å². The van der Waals surface area contributed by atoms with E-state index in [2.05, 4.69) is 6.92 Å². The molecule has 3 nitrogen and oxygen atoms in total. The van der Waals surface area contributed by atoms with Gasteiger partial charge in [0.2, 0.25) is 0 Å². The fourth-order valence-electron chi connectivity index (χ4n) is 8.42. The van der Waals surface area contributed by atoms with Crippen molar-refractivity contribution >= 4 is 5.97 Å². The quantitative estimate of drug-likeness (QED) is 0.0494. The lowest BCUT2D eigenvalue weighted by Crippen LogP contribution is -2.05. The van der Waals surface area contributed by atoms with Crippen molar-refractivity contribution in [2.75, 3.05) is 13.2 Å². The molecular formula is C52H104O3. The van der Waals surface area contributed by atoms with Gasteiger partial charge in [-0.3, -0.25) is 4.79 Å². The van der Waals surface area contributed by atoms with Crippen LogP contribution in [0.25, 0.3) is 0 Å². The van der Waals surface area contributed by atoms with E-state index in [-0.39, 0.29) is 5.97 Å². The number of aliphatic hydroxyl groups is 1. The van der Waals surface area contributed by atoms with E-state index in [9.17, 15) is 4.79 Å². The molecule has 0 saturated carbocycles. The fourth-order valence-corrected chi connectivity index (χ4v) is 8.42. The second-order valence-corrected chi connectivity index (χ2v) is 18.0. The molecule has 0 bridgehead atoms. The third-order valence-corrected chi connectivity index (χ3v) is 12.3. The topological polar surface area (TPSA) is 46.5 Å². The highest BCUT2D eigenvalue weighted by Crippen LogP contribution is 2.18. The minimum Gasteiger partial charge on any atom is -0.466 e. The number of rotatable bonds is 50. The summed E-state index contributed by atoms with van der Waals surface area (Å²) in [4.78, 5) is 12.1. The highest BCUT2D eigenvalue weighted by atomic mass is 16.5. The SMILES string of the molecule is CCCCCCCCCCCCCCCCCCCCCCCCCCOC(=O)CCCCCCCCCCCCCCCCCCCCCCCCCO. The summed E-state index contributed by atoms with van der Waals surface area (Å²) in [5, 5.41) is 8.82. The molecule has 0 aromatic heterocycles. The van der Waals surface area contributed by atoms with E-state index in [1.54, 1.807) is 0 Å². The van der Waals surface area contributed by atoms with E-state index < -0.39 is 0 Å². The Hall–Kier alpha value is -0.570. The molecule has 0 radical (unpaired) electrons. The smallest absolute Gasteiger partial charge is 0.305 e. The van der Waals surface area contributed by atoms with Gasteiger partial charge in [0, 0.05) is 13.0 Å². The van der Waals surface area contributed by atoms with Crippen molar-refractivity contribution in [1.82, 2.24) is 0 Å². The van der Waals surface area contributed by atoms with Gasteiger partial charge in [-0.1, -0.05) is 289 Å². The van der Waals surface area contributed by atoms with Crippen molar-refractivity contribution in [1.29, 1.82) is 0 Å². The Balaban J connectivity index is 3.14. The molecule has 0 aliphatic heterocycles. The van der Waals surface area contributed by atoms with E-state index in [4.69, 9.17) is 9.84 Å². The van der Waals surface area contributed by atoms with Gasteiger partial charge in [0.05, 0.1) is 6.61 Å². The van der Waals surface area contributed by atoms with E-state index in [1.807, 2.05) is 0 Å². The van der Waals surface area contributed by atoms with Crippen LogP contribution in [0.15, 0.2) is 0 Å². The third-order valence-electron chi connectivity index (χ3n) is 12.3. The van der Waals surface area contributed by atoms with E-state index in [1.165, 1.54) is 283 Å². The van der Waals surface area contributed by atoms with Crippen LogP contribution in [0.3, 0.4) is 0 Å². The zero-order valence-electron chi connectivity index (χ0n) is 38.1. The van der Waals surface area contributed by atoms with Gasteiger partial charge in [0.15, 0.2) is 0 Å². The number of esters is 1. The number of ether oxygens (including phenoxy) is 1. The first-order chi connectivity index (χ1) is 27.3. The van der Waals surface area contributed by atoms with Crippen LogP contribution in [0.2, 0.25) is 0 Å². The summed E-state index contributed by atoms with van der Waals surface area (Å²) >= 11 is 0. The molecule has 0 unspecified atom stereocenters. The number of aliphatic hydroxyl groups excluding tert-OH is 1.